The van der Waals surface area contributed by atoms with E-state index in [0.29, 0.717) is 5.75 Å². The maximum absolute atomic E-state index is 12.3. The zero-order chi connectivity index (χ0) is 19.1. The van der Waals surface area contributed by atoms with Gasteiger partial charge in [-0.2, -0.15) is 0 Å². The highest BCUT2D eigenvalue weighted by Gasteiger charge is 2.23. The molecule has 0 saturated carbocycles. The maximum atomic E-state index is 12.3. The van der Waals surface area contributed by atoms with Gasteiger partial charge < -0.3 is 14.2 Å². The lowest BCUT2D eigenvalue weighted by molar-refractivity contribution is -0.128. The van der Waals surface area contributed by atoms with Crippen molar-refractivity contribution in [3.05, 3.63) is 45.9 Å². The number of aryl methyl sites for hydroxylation is 1. The molecule has 1 atom stereocenters. The number of thiazole rings is 1. The van der Waals surface area contributed by atoms with E-state index in [0.717, 1.165) is 17.8 Å². The number of imide groups is 1. The Morgan fingerprint density at radius 1 is 1.27 bits per heavy atom. The van der Waals surface area contributed by atoms with Gasteiger partial charge in [0, 0.05) is 5.38 Å². The SMILES string of the molecule is COC(=O)NC(=O)[C@H](C)OC(=O)c1ccccc1OCc1csc(C)n1. The fourth-order valence-corrected chi connectivity index (χ4v) is 2.52. The number of benzene rings is 1. The quantitative estimate of drug-likeness (QED) is 0.770. The van der Waals surface area contributed by atoms with Crippen molar-refractivity contribution in [2.24, 2.45) is 0 Å². The predicted octanol–water partition coefficient (Wildman–Crippen LogP) is 2.46. The number of nitrogens with zero attached hydrogens (tertiary/aromatic N) is 1. The van der Waals surface area contributed by atoms with Gasteiger partial charge in [-0.15, -0.1) is 11.3 Å². The molecule has 0 saturated heterocycles. The third-order valence-corrected chi connectivity index (χ3v) is 4.04. The highest BCUT2D eigenvalue weighted by Crippen LogP contribution is 2.21. The summed E-state index contributed by atoms with van der Waals surface area (Å²) < 4.78 is 15.1. The van der Waals surface area contributed by atoms with Crippen LogP contribution < -0.4 is 10.1 Å². The summed E-state index contributed by atoms with van der Waals surface area (Å²) >= 11 is 1.50. The van der Waals surface area contributed by atoms with Crippen molar-refractivity contribution in [2.45, 2.75) is 26.6 Å². The van der Waals surface area contributed by atoms with Crippen molar-refractivity contribution in [1.29, 1.82) is 0 Å². The second-order valence-corrected chi connectivity index (χ2v) is 6.23. The Morgan fingerprint density at radius 3 is 2.65 bits per heavy atom. The van der Waals surface area contributed by atoms with Crippen molar-refractivity contribution < 1.29 is 28.6 Å². The van der Waals surface area contributed by atoms with E-state index in [1.807, 2.05) is 17.6 Å². The first-order valence-corrected chi connectivity index (χ1v) is 8.51. The molecule has 0 fully saturated rings. The number of nitrogens with one attached hydrogen (secondary N) is 1. The van der Waals surface area contributed by atoms with Crippen LogP contribution in [0, 0.1) is 6.92 Å². The number of rotatable bonds is 6. The van der Waals surface area contributed by atoms with Crippen molar-refractivity contribution >= 4 is 29.3 Å². The van der Waals surface area contributed by atoms with E-state index < -0.39 is 24.1 Å². The zero-order valence-corrected chi connectivity index (χ0v) is 15.3. The number of methoxy groups -OCH3 is 1. The number of carbonyl (C=O) groups is 3. The average Bonchev–Trinajstić information content (AvgIpc) is 3.05. The molecule has 138 valence electrons. The Hall–Kier alpha value is -2.94. The Balaban J connectivity index is 2.02. The van der Waals surface area contributed by atoms with E-state index in [1.54, 1.807) is 18.2 Å². The second-order valence-electron chi connectivity index (χ2n) is 5.17. The van der Waals surface area contributed by atoms with Gasteiger partial charge in [-0.05, 0) is 26.0 Å². The summed E-state index contributed by atoms with van der Waals surface area (Å²) in [5, 5.41) is 4.72. The van der Waals surface area contributed by atoms with Crippen LogP contribution in [0.3, 0.4) is 0 Å². The molecule has 2 amide bonds. The third kappa shape index (κ3) is 5.28. The first kappa shape index (κ1) is 19.4. The molecule has 0 bridgehead atoms. The Kier molecular flexibility index (Phi) is 6.67. The molecule has 1 N–H and O–H groups in total. The van der Waals surface area contributed by atoms with E-state index in [-0.39, 0.29) is 12.2 Å². The van der Waals surface area contributed by atoms with Crippen LogP contribution in [-0.4, -0.2) is 36.2 Å². The van der Waals surface area contributed by atoms with Crippen LogP contribution in [0.4, 0.5) is 4.79 Å². The molecule has 0 spiro atoms. The Morgan fingerprint density at radius 2 is 2.00 bits per heavy atom. The van der Waals surface area contributed by atoms with Crippen LogP contribution in [0.25, 0.3) is 0 Å². The first-order valence-electron chi connectivity index (χ1n) is 7.63. The minimum absolute atomic E-state index is 0.164. The molecule has 2 rings (SSSR count). The lowest BCUT2D eigenvalue weighted by atomic mass is 10.2. The minimum Gasteiger partial charge on any atom is -0.486 e. The van der Waals surface area contributed by atoms with Crippen molar-refractivity contribution in [3.8, 4) is 5.75 Å². The van der Waals surface area contributed by atoms with Gasteiger partial charge in [-0.25, -0.2) is 14.6 Å². The zero-order valence-electron chi connectivity index (χ0n) is 14.5. The van der Waals surface area contributed by atoms with Gasteiger partial charge in [-0.1, -0.05) is 12.1 Å². The topological polar surface area (TPSA) is 104 Å². The second kappa shape index (κ2) is 8.95. The number of alkyl carbamates (subject to hydrolysis) is 1. The Bertz CT molecular complexity index is 804. The van der Waals surface area contributed by atoms with Gasteiger partial charge in [0.05, 0.1) is 17.8 Å². The number of para-hydroxylation sites is 1. The first-order chi connectivity index (χ1) is 12.4. The van der Waals surface area contributed by atoms with Crippen molar-refractivity contribution in [3.63, 3.8) is 0 Å². The highest BCUT2D eigenvalue weighted by molar-refractivity contribution is 7.09. The third-order valence-electron chi connectivity index (χ3n) is 3.21. The molecular weight excluding hydrogens is 360 g/mol. The summed E-state index contributed by atoms with van der Waals surface area (Å²) in [6, 6.07) is 6.51. The van der Waals surface area contributed by atoms with Gasteiger partial charge in [0.25, 0.3) is 5.91 Å². The largest absolute Gasteiger partial charge is 0.486 e. The van der Waals surface area contributed by atoms with Gasteiger partial charge in [0.2, 0.25) is 0 Å². The van der Waals surface area contributed by atoms with Crippen molar-refractivity contribution in [2.75, 3.05) is 7.11 Å². The molecule has 0 aliphatic heterocycles. The number of hydrogen-bond donors (Lipinski definition) is 1. The van der Waals surface area contributed by atoms with Gasteiger partial charge in [0.1, 0.15) is 17.9 Å². The normalized spacial score (nSPS) is 11.3. The summed E-state index contributed by atoms with van der Waals surface area (Å²) in [6.45, 7) is 3.44. The Labute approximate surface area is 154 Å². The summed E-state index contributed by atoms with van der Waals surface area (Å²) in [7, 11) is 1.12. The number of hydrogen-bond acceptors (Lipinski definition) is 8. The number of amides is 2. The van der Waals surface area contributed by atoms with Crippen LogP contribution in [-0.2, 0) is 20.9 Å². The van der Waals surface area contributed by atoms with Crippen LogP contribution >= 0.6 is 11.3 Å². The highest BCUT2D eigenvalue weighted by atomic mass is 32.1. The predicted molar refractivity (Wildman–Crippen MR) is 93.1 cm³/mol. The minimum atomic E-state index is -1.18. The van der Waals surface area contributed by atoms with E-state index in [1.165, 1.54) is 24.3 Å². The fourth-order valence-electron chi connectivity index (χ4n) is 1.92. The van der Waals surface area contributed by atoms with Crippen LogP contribution in [0.5, 0.6) is 5.75 Å². The van der Waals surface area contributed by atoms with E-state index in [4.69, 9.17) is 9.47 Å². The molecule has 9 heteroatoms. The maximum Gasteiger partial charge on any atom is 0.413 e. The van der Waals surface area contributed by atoms with Crippen molar-refractivity contribution in [1.82, 2.24) is 10.3 Å². The van der Waals surface area contributed by atoms with E-state index >= 15 is 0 Å². The molecule has 2 aromatic rings. The van der Waals surface area contributed by atoms with Gasteiger partial charge in [-0.3, -0.25) is 10.1 Å². The number of esters is 1. The lowest BCUT2D eigenvalue weighted by Gasteiger charge is -2.14. The smallest absolute Gasteiger partial charge is 0.413 e. The molecule has 1 heterocycles. The molecule has 1 aromatic heterocycles. The van der Waals surface area contributed by atoms with E-state index in [9.17, 15) is 14.4 Å². The monoisotopic (exact) mass is 378 g/mol. The standard InChI is InChI=1S/C17H18N2O6S/c1-10(15(20)19-17(22)23-3)25-16(21)13-6-4-5-7-14(13)24-8-12-9-26-11(2)18-12/h4-7,9-10H,8H2,1-3H3,(H,19,20,22)/t10-/m0/s1. The molecule has 0 aliphatic rings. The van der Waals surface area contributed by atoms with Gasteiger partial charge >= 0.3 is 12.1 Å². The molecule has 0 aliphatic carbocycles. The molecule has 26 heavy (non-hydrogen) atoms. The molecule has 0 unspecified atom stereocenters. The van der Waals surface area contributed by atoms with Crippen LogP contribution in [0.1, 0.15) is 28.0 Å². The molecular formula is C17H18N2O6S. The number of ether oxygens (including phenoxy) is 3. The molecule has 8 nitrogen and oxygen atoms in total. The summed E-state index contributed by atoms with van der Waals surface area (Å²) in [5.74, 6) is -1.23. The molecule has 0 radical (unpaired) electrons. The summed E-state index contributed by atoms with van der Waals surface area (Å²) in [5.41, 5.74) is 0.915. The number of aromatic nitrogens is 1. The summed E-state index contributed by atoms with van der Waals surface area (Å²) in [4.78, 5) is 39.4. The molecule has 1 aromatic carbocycles. The lowest BCUT2D eigenvalue weighted by Crippen LogP contribution is -2.39. The average molecular weight is 378 g/mol. The number of carbonyl (C=O) groups excluding carboxylic acids is 3. The summed E-state index contributed by atoms with van der Waals surface area (Å²) in [6.07, 6.45) is -2.11. The van der Waals surface area contributed by atoms with Crippen LogP contribution in [0.15, 0.2) is 29.6 Å². The van der Waals surface area contributed by atoms with E-state index in [2.05, 4.69) is 9.72 Å². The van der Waals surface area contributed by atoms with Crippen LogP contribution in [0.2, 0.25) is 0 Å². The fraction of sp³-hybridized carbons (Fsp3) is 0.294. The van der Waals surface area contributed by atoms with Gasteiger partial charge in [0.15, 0.2) is 6.10 Å².